The Morgan fingerprint density at radius 3 is 2.81 bits per heavy atom. The first kappa shape index (κ1) is 14.8. The number of nitrogens with one attached hydrogen (secondary N) is 2. The highest BCUT2D eigenvalue weighted by Gasteiger charge is 2.17. The Labute approximate surface area is 131 Å². The summed E-state index contributed by atoms with van der Waals surface area (Å²) >= 11 is 3.55. The molecule has 1 aromatic carbocycles. The second-order valence-electron chi connectivity index (χ2n) is 5.67. The van der Waals surface area contributed by atoms with Gasteiger partial charge < -0.3 is 20.4 Å². The van der Waals surface area contributed by atoms with Crippen molar-refractivity contribution in [1.29, 1.82) is 0 Å². The van der Waals surface area contributed by atoms with Crippen LogP contribution < -0.4 is 11.4 Å². The molecule has 2 aromatic rings. The predicted octanol–water partition coefficient (Wildman–Crippen LogP) is 2.97. The van der Waals surface area contributed by atoms with Crippen molar-refractivity contribution in [3.8, 4) is 0 Å². The number of halogens is 1. The fourth-order valence-corrected chi connectivity index (χ4v) is 3.55. The Morgan fingerprint density at radius 1 is 1.33 bits per heavy atom. The van der Waals surface area contributed by atoms with Crippen molar-refractivity contribution in [2.24, 2.45) is 5.73 Å². The van der Waals surface area contributed by atoms with Crippen LogP contribution in [-0.2, 0) is 4.74 Å². The summed E-state index contributed by atoms with van der Waals surface area (Å²) in [5.41, 5.74) is 8.73. The first-order valence-corrected chi connectivity index (χ1v) is 8.21. The third kappa shape index (κ3) is 3.39. The highest BCUT2D eigenvalue weighted by Crippen LogP contribution is 2.29. The molecule has 6 heteroatoms. The SMILES string of the molecule is NC(CCC1CCCCO1)c1cc2[nH]c(=O)[nH]c2cc1Br. The zero-order valence-corrected chi connectivity index (χ0v) is 13.4. The van der Waals surface area contributed by atoms with Gasteiger partial charge in [-0.05, 0) is 49.8 Å². The summed E-state index contributed by atoms with van der Waals surface area (Å²) in [5, 5.41) is 0. The predicted molar refractivity (Wildman–Crippen MR) is 86.4 cm³/mol. The van der Waals surface area contributed by atoms with E-state index in [0.29, 0.717) is 6.10 Å². The molecule has 2 unspecified atom stereocenters. The zero-order valence-electron chi connectivity index (χ0n) is 11.8. The molecular weight excluding hydrogens is 334 g/mol. The van der Waals surface area contributed by atoms with Gasteiger partial charge in [0.2, 0.25) is 0 Å². The van der Waals surface area contributed by atoms with Crippen LogP contribution in [0.4, 0.5) is 0 Å². The quantitative estimate of drug-likeness (QED) is 0.789. The summed E-state index contributed by atoms with van der Waals surface area (Å²) in [6.45, 7) is 0.875. The number of rotatable bonds is 4. The maximum atomic E-state index is 11.3. The molecule has 0 saturated carbocycles. The monoisotopic (exact) mass is 353 g/mol. The second-order valence-corrected chi connectivity index (χ2v) is 6.53. The molecule has 1 aliphatic heterocycles. The molecule has 2 heterocycles. The first-order chi connectivity index (χ1) is 10.1. The van der Waals surface area contributed by atoms with E-state index in [4.69, 9.17) is 10.5 Å². The molecule has 0 aliphatic carbocycles. The summed E-state index contributed by atoms with van der Waals surface area (Å²) < 4.78 is 6.68. The average molecular weight is 354 g/mol. The summed E-state index contributed by atoms with van der Waals surface area (Å²) in [5.74, 6) is 0. The molecule has 1 fully saturated rings. The molecule has 21 heavy (non-hydrogen) atoms. The Balaban J connectivity index is 1.72. The molecule has 1 aliphatic rings. The van der Waals surface area contributed by atoms with Gasteiger partial charge in [0.05, 0.1) is 17.1 Å². The van der Waals surface area contributed by atoms with Gasteiger partial charge in [0, 0.05) is 17.1 Å². The number of imidazole rings is 1. The van der Waals surface area contributed by atoms with Gasteiger partial charge in [0.15, 0.2) is 0 Å². The fraction of sp³-hybridized carbons (Fsp3) is 0.533. The van der Waals surface area contributed by atoms with E-state index in [1.165, 1.54) is 12.8 Å². The molecule has 0 amide bonds. The van der Waals surface area contributed by atoms with Crippen molar-refractivity contribution in [2.75, 3.05) is 6.61 Å². The number of fused-ring (bicyclic) bond motifs is 1. The van der Waals surface area contributed by atoms with Crippen LogP contribution in [0.15, 0.2) is 21.4 Å². The third-order valence-electron chi connectivity index (χ3n) is 4.11. The van der Waals surface area contributed by atoms with E-state index in [-0.39, 0.29) is 11.7 Å². The Bertz CT molecular complexity index is 673. The van der Waals surface area contributed by atoms with E-state index in [9.17, 15) is 4.79 Å². The second kappa shape index (κ2) is 6.34. The largest absolute Gasteiger partial charge is 0.378 e. The number of nitrogens with two attached hydrogens (primary N) is 1. The zero-order chi connectivity index (χ0) is 14.8. The minimum Gasteiger partial charge on any atom is -0.378 e. The lowest BCUT2D eigenvalue weighted by molar-refractivity contribution is 0.00912. The van der Waals surface area contributed by atoms with Gasteiger partial charge >= 0.3 is 5.69 Å². The maximum absolute atomic E-state index is 11.3. The Hall–Kier alpha value is -1.11. The summed E-state index contributed by atoms with van der Waals surface area (Å²) in [6.07, 6.45) is 5.77. The van der Waals surface area contributed by atoms with E-state index in [0.717, 1.165) is 46.9 Å². The average Bonchev–Trinajstić information content (AvgIpc) is 2.84. The molecular formula is C15H20BrN3O2. The number of hydrogen-bond acceptors (Lipinski definition) is 3. The highest BCUT2D eigenvalue weighted by atomic mass is 79.9. The van der Waals surface area contributed by atoms with Crippen molar-refractivity contribution in [3.63, 3.8) is 0 Å². The van der Waals surface area contributed by atoms with Crippen LogP contribution in [0.3, 0.4) is 0 Å². The van der Waals surface area contributed by atoms with Crippen LogP contribution >= 0.6 is 15.9 Å². The molecule has 0 spiro atoms. The number of hydrogen-bond donors (Lipinski definition) is 3. The van der Waals surface area contributed by atoms with Gasteiger partial charge in [-0.1, -0.05) is 15.9 Å². The lowest BCUT2D eigenvalue weighted by Gasteiger charge is -2.24. The molecule has 2 atom stereocenters. The minimum absolute atomic E-state index is 0.0623. The third-order valence-corrected chi connectivity index (χ3v) is 4.79. The van der Waals surface area contributed by atoms with Crippen LogP contribution in [0.25, 0.3) is 11.0 Å². The van der Waals surface area contributed by atoms with Crippen LogP contribution in [0.5, 0.6) is 0 Å². The van der Waals surface area contributed by atoms with Gasteiger partial charge in [-0.3, -0.25) is 0 Å². The normalized spacial score (nSPS) is 20.8. The Morgan fingerprint density at radius 2 is 2.10 bits per heavy atom. The Kier molecular flexibility index (Phi) is 4.47. The summed E-state index contributed by atoms with van der Waals surface area (Å²) in [6, 6.07) is 3.79. The summed E-state index contributed by atoms with van der Waals surface area (Å²) in [7, 11) is 0. The van der Waals surface area contributed by atoms with E-state index in [1.54, 1.807) is 0 Å². The summed E-state index contributed by atoms with van der Waals surface area (Å²) in [4.78, 5) is 16.9. The number of H-pyrrole nitrogens is 2. The van der Waals surface area contributed by atoms with Gasteiger partial charge in [-0.25, -0.2) is 4.79 Å². The first-order valence-electron chi connectivity index (χ1n) is 7.42. The van der Waals surface area contributed by atoms with Crippen LogP contribution in [0.1, 0.15) is 43.7 Å². The van der Waals surface area contributed by atoms with Crippen LogP contribution in [0.2, 0.25) is 0 Å². The maximum Gasteiger partial charge on any atom is 0.323 e. The molecule has 4 N–H and O–H groups in total. The van der Waals surface area contributed by atoms with E-state index in [2.05, 4.69) is 25.9 Å². The fourth-order valence-electron chi connectivity index (χ4n) is 2.91. The number of aromatic amines is 2. The number of aromatic nitrogens is 2. The molecule has 114 valence electrons. The van der Waals surface area contributed by atoms with Crippen molar-refractivity contribution in [1.82, 2.24) is 9.97 Å². The minimum atomic E-state index is -0.196. The van der Waals surface area contributed by atoms with E-state index < -0.39 is 0 Å². The molecule has 1 saturated heterocycles. The molecule has 1 aromatic heterocycles. The van der Waals surface area contributed by atoms with Crippen molar-refractivity contribution >= 4 is 27.0 Å². The van der Waals surface area contributed by atoms with Crippen molar-refractivity contribution < 1.29 is 4.74 Å². The highest BCUT2D eigenvalue weighted by molar-refractivity contribution is 9.10. The number of benzene rings is 1. The molecule has 5 nitrogen and oxygen atoms in total. The lowest BCUT2D eigenvalue weighted by atomic mass is 9.97. The van der Waals surface area contributed by atoms with Crippen molar-refractivity contribution in [2.45, 2.75) is 44.2 Å². The van der Waals surface area contributed by atoms with E-state index in [1.807, 2.05) is 12.1 Å². The van der Waals surface area contributed by atoms with Gasteiger partial charge in [-0.15, -0.1) is 0 Å². The van der Waals surface area contributed by atoms with Gasteiger partial charge in [0.25, 0.3) is 0 Å². The van der Waals surface area contributed by atoms with Crippen LogP contribution in [0, 0.1) is 0 Å². The van der Waals surface area contributed by atoms with Gasteiger partial charge in [0.1, 0.15) is 0 Å². The van der Waals surface area contributed by atoms with Crippen molar-refractivity contribution in [3.05, 3.63) is 32.7 Å². The smallest absolute Gasteiger partial charge is 0.323 e. The standard InChI is InChI=1S/C15H20BrN3O2/c16-11-8-14-13(18-15(20)19-14)7-10(11)12(17)5-4-9-3-1-2-6-21-9/h7-9,12H,1-6,17H2,(H2,18,19,20). The molecule has 3 rings (SSSR count). The molecule has 0 bridgehead atoms. The lowest BCUT2D eigenvalue weighted by Crippen LogP contribution is -2.21. The topological polar surface area (TPSA) is 83.9 Å². The molecule has 0 radical (unpaired) electrons. The van der Waals surface area contributed by atoms with Crippen LogP contribution in [-0.4, -0.2) is 22.7 Å². The van der Waals surface area contributed by atoms with E-state index >= 15 is 0 Å². The number of ether oxygens (including phenoxy) is 1. The van der Waals surface area contributed by atoms with Gasteiger partial charge in [-0.2, -0.15) is 0 Å².